The molecule has 0 aromatic heterocycles. The molecular weight excluding hydrogens is 283 g/mol. The van der Waals surface area contributed by atoms with E-state index in [1.54, 1.807) is 18.2 Å². The maximum atomic E-state index is 13.6. The largest absolute Gasteiger partial charge is 0.356 e. The van der Waals surface area contributed by atoms with Crippen LogP contribution in [0, 0.1) is 19.7 Å². The summed E-state index contributed by atoms with van der Waals surface area (Å²) < 4.78 is 13.6. The molecule has 0 radical (unpaired) electrons. The summed E-state index contributed by atoms with van der Waals surface area (Å²) in [5.74, 6) is -0.318. The first-order chi connectivity index (χ1) is 9.97. The second-order valence-electron chi connectivity index (χ2n) is 5.16. The Morgan fingerprint density at radius 1 is 1.14 bits per heavy atom. The van der Waals surface area contributed by atoms with Crippen LogP contribution in [0.5, 0.6) is 0 Å². The van der Waals surface area contributed by atoms with E-state index in [0.717, 1.165) is 0 Å². The van der Waals surface area contributed by atoms with Crippen LogP contribution >= 0.6 is 12.2 Å². The van der Waals surface area contributed by atoms with Crippen molar-refractivity contribution in [1.29, 1.82) is 0 Å². The van der Waals surface area contributed by atoms with Crippen LogP contribution in [0.25, 0.3) is 0 Å². The number of hydrogen-bond donors (Lipinski definition) is 2. The van der Waals surface area contributed by atoms with Gasteiger partial charge in [-0.2, -0.15) is 0 Å². The van der Waals surface area contributed by atoms with Gasteiger partial charge in [-0.25, -0.2) is 4.39 Å². The molecule has 2 N–H and O–H groups in total. The zero-order chi connectivity index (χ0) is 15.4. The second kappa shape index (κ2) is 6.68. The van der Waals surface area contributed by atoms with Gasteiger partial charge in [0.15, 0.2) is 5.11 Å². The fourth-order valence-electron chi connectivity index (χ4n) is 2.22. The van der Waals surface area contributed by atoms with Gasteiger partial charge in [-0.1, -0.05) is 35.9 Å². The van der Waals surface area contributed by atoms with Gasteiger partial charge in [0, 0.05) is 0 Å². The number of rotatable bonds is 3. The van der Waals surface area contributed by atoms with Crippen molar-refractivity contribution >= 4 is 23.0 Å². The van der Waals surface area contributed by atoms with Crippen molar-refractivity contribution in [2.75, 3.05) is 5.32 Å². The molecule has 0 saturated heterocycles. The number of benzene rings is 2. The van der Waals surface area contributed by atoms with Gasteiger partial charge in [0.05, 0.1) is 11.7 Å². The Labute approximate surface area is 130 Å². The molecule has 0 amide bonds. The summed E-state index contributed by atoms with van der Waals surface area (Å²) >= 11 is 5.26. The van der Waals surface area contributed by atoms with Gasteiger partial charge in [0.25, 0.3) is 0 Å². The van der Waals surface area contributed by atoms with Crippen molar-refractivity contribution in [3.63, 3.8) is 0 Å². The van der Waals surface area contributed by atoms with Gasteiger partial charge in [0.2, 0.25) is 0 Å². The zero-order valence-corrected chi connectivity index (χ0v) is 13.2. The molecular formula is C17H19FN2S. The van der Waals surface area contributed by atoms with Crippen LogP contribution in [0.4, 0.5) is 10.1 Å². The first-order valence-corrected chi connectivity index (χ1v) is 7.27. The van der Waals surface area contributed by atoms with E-state index in [1.165, 1.54) is 22.8 Å². The van der Waals surface area contributed by atoms with E-state index >= 15 is 0 Å². The third kappa shape index (κ3) is 4.02. The highest BCUT2D eigenvalue weighted by Gasteiger charge is 2.11. The van der Waals surface area contributed by atoms with Crippen molar-refractivity contribution in [2.24, 2.45) is 0 Å². The monoisotopic (exact) mass is 302 g/mol. The molecule has 0 aliphatic carbocycles. The van der Waals surface area contributed by atoms with Crippen LogP contribution in [0.15, 0.2) is 42.5 Å². The molecule has 0 unspecified atom stereocenters. The summed E-state index contributed by atoms with van der Waals surface area (Å²) in [6.45, 7) is 6.17. The van der Waals surface area contributed by atoms with Crippen molar-refractivity contribution < 1.29 is 4.39 Å². The van der Waals surface area contributed by atoms with E-state index in [2.05, 4.69) is 42.7 Å². The Hall–Kier alpha value is -1.94. The van der Waals surface area contributed by atoms with E-state index in [-0.39, 0.29) is 11.9 Å². The Bertz CT molecular complexity index is 655. The van der Waals surface area contributed by atoms with Crippen molar-refractivity contribution in [1.82, 2.24) is 5.32 Å². The molecule has 2 aromatic carbocycles. The van der Waals surface area contributed by atoms with Gasteiger partial charge in [-0.05, 0) is 56.2 Å². The molecule has 21 heavy (non-hydrogen) atoms. The molecule has 2 rings (SSSR count). The topological polar surface area (TPSA) is 24.1 Å². The van der Waals surface area contributed by atoms with Crippen molar-refractivity contribution in [2.45, 2.75) is 26.8 Å². The molecule has 1 atom stereocenters. The molecule has 0 bridgehead atoms. The fraction of sp³-hybridized carbons (Fsp3) is 0.235. The molecule has 2 nitrogen and oxygen atoms in total. The minimum absolute atomic E-state index is 0.0525. The summed E-state index contributed by atoms with van der Waals surface area (Å²) in [6.07, 6.45) is 0. The molecule has 110 valence electrons. The van der Waals surface area contributed by atoms with E-state index < -0.39 is 0 Å². The Kier molecular flexibility index (Phi) is 4.91. The molecule has 0 fully saturated rings. The molecule has 0 aliphatic rings. The zero-order valence-electron chi connectivity index (χ0n) is 12.4. The highest BCUT2D eigenvalue weighted by Crippen LogP contribution is 2.19. The third-order valence-electron chi connectivity index (χ3n) is 3.37. The fourth-order valence-corrected chi connectivity index (χ4v) is 2.51. The molecule has 0 aliphatic heterocycles. The minimum Gasteiger partial charge on any atom is -0.356 e. The number of anilines is 1. The number of aryl methyl sites for hydroxylation is 2. The van der Waals surface area contributed by atoms with Crippen LogP contribution in [0.2, 0.25) is 0 Å². The summed E-state index contributed by atoms with van der Waals surface area (Å²) in [4.78, 5) is 0. The number of nitrogens with one attached hydrogen (secondary N) is 2. The van der Waals surface area contributed by atoms with Crippen LogP contribution in [-0.4, -0.2) is 5.11 Å². The van der Waals surface area contributed by atoms with Crippen molar-refractivity contribution in [3.8, 4) is 0 Å². The predicted molar refractivity (Wildman–Crippen MR) is 90.1 cm³/mol. The molecule has 2 aromatic rings. The third-order valence-corrected chi connectivity index (χ3v) is 3.59. The smallest absolute Gasteiger partial charge is 0.171 e. The first kappa shape index (κ1) is 15.4. The SMILES string of the molecule is Cc1ccc(C)c([C@@H](C)NC(=S)Nc2ccccc2F)c1. The maximum Gasteiger partial charge on any atom is 0.171 e. The average Bonchev–Trinajstić information content (AvgIpc) is 2.44. The molecule has 0 saturated carbocycles. The number of para-hydroxylation sites is 1. The van der Waals surface area contributed by atoms with Crippen LogP contribution in [-0.2, 0) is 0 Å². The highest BCUT2D eigenvalue weighted by molar-refractivity contribution is 7.80. The van der Waals surface area contributed by atoms with E-state index in [0.29, 0.717) is 10.8 Å². The lowest BCUT2D eigenvalue weighted by Gasteiger charge is -2.19. The van der Waals surface area contributed by atoms with Gasteiger partial charge < -0.3 is 10.6 Å². The summed E-state index contributed by atoms with van der Waals surface area (Å²) in [6, 6.07) is 12.8. The van der Waals surface area contributed by atoms with E-state index in [4.69, 9.17) is 12.2 Å². The summed E-state index contributed by atoms with van der Waals surface area (Å²) in [5, 5.41) is 6.49. The molecule has 0 spiro atoms. The molecule has 0 heterocycles. The Morgan fingerprint density at radius 2 is 1.86 bits per heavy atom. The van der Waals surface area contributed by atoms with Gasteiger partial charge >= 0.3 is 0 Å². The summed E-state index contributed by atoms with van der Waals surface area (Å²) in [7, 11) is 0. The first-order valence-electron chi connectivity index (χ1n) is 6.86. The van der Waals surface area contributed by atoms with E-state index in [1.807, 2.05) is 6.92 Å². The van der Waals surface area contributed by atoms with Crippen LogP contribution in [0.3, 0.4) is 0 Å². The number of hydrogen-bond acceptors (Lipinski definition) is 1. The quantitative estimate of drug-likeness (QED) is 0.817. The maximum absolute atomic E-state index is 13.6. The lowest BCUT2D eigenvalue weighted by Crippen LogP contribution is -2.31. The highest BCUT2D eigenvalue weighted by atomic mass is 32.1. The van der Waals surface area contributed by atoms with Gasteiger partial charge in [-0.3, -0.25) is 0 Å². The standard InChI is InChI=1S/C17H19FN2S/c1-11-8-9-12(2)14(10-11)13(3)19-17(21)20-16-7-5-4-6-15(16)18/h4-10,13H,1-3H3,(H2,19,20,21)/t13-/m1/s1. The number of thiocarbonyl (C=S) groups is 1. The van der Waals surface area contributed by atoms with Crippen LogP contribution < -0.4 is 10.6 Å². The minimum atomic E-state index is -0.318. The molecule has 4 heteroatoms. The van der Waals surface area contributed by atoms with Crippen molar-refractivity contribution in [3.05, 3.63) is 65.0 Å². The van der Waals surface area contributed by atoms with Crippen LogP contribution in [0.1, 0.15) is 29.7 Å². The Morgan fingerprint density at radius 3 is 2.57 bits per heavy atom. The van der Waals surface area contributed by atoms with Gasteiger partial charge in [-0.15, -0.1) is 0 Å². The Balaban J connectivity index is 2.06. The average molecular weight is 302 g/mol. The number of halogens is 1. The predicted octanol–water partition coefficient (Wildman–Crippen LogP) is 4.49. The second-order valence-corrected chi connectivity index (χ2v) is 5.57. The summed E-state index contributed by atoms with van der Waals surface area (Å²) in [5.41, 5.74) is 3.97. The normalized spacial score (nSPS) is 11.8. The van der Waals surface area contributed by atoms with Gasteiger partial charge in [0.1, 0.15) is 5.82 Å². The lowest BCUT2D eigenvalue weighted by molar-refractivity contribution is 0.631. The lowest BCUT2D eigenvalue weighted by atomic mass is 10.0. The van der Waals surface area contributed by atoms with E-state index in [9.17, 15) is 4.39 Å².